The molecule has 1 heterocycles. The van der Waals surface area contributed by atoms with E-state index in [1.54, 1.807) is 0 Å². The van der Waals surface area contributed by atoms with E-state index < -0.39 is 4.92 Å². The Hall–Kier alpha value is -2.93. The lowest BCUT2D eigenvalue weighted by atomic mass is 10.1. The standard InChI is InChI=1S/C20H23N3O4/c1-22-12-10-19(11-13-22)27-18-8-2-15(3-9-18)14-21-20(24)16-4-6-17(7-5-16)23(25)26/h2-9,19H,10-14H2,1H3,(H,21,24). The fourth-order valence-corrected chi connectivity index (χ4v) is 3.00. The Morgan fingerprint density at radius 1 is 1.15 bits per heavy atom. The third-order valence-electron chi connectivity index (χ3n) is 4.69. The Morgan fingerprint density at radius 3 is 2.37 bits per heavy atom. The number of rotatable bonds is 6. The van der Waals surface area contributed by atoms with Crippen molar-refractivity contribution >= 4 is 11.6 Å². The van der Waals surface area contributed by atoms with Gasteiger partial charge in [-0.25, -0.2) is 0 Å². The van der Waals surface area contributed by atoms with Crippen molar-refractivity contribution in [1.29, 1.82) is 0 Å². The molecule has 0 saturated carbocycles. The number of amides is 1. The Bertz CT molecular complexity index is 782. The van der Waals surface area contributed by atoms with Crippen LogP contribution in [0.15, 0.2) is 48.5 Å². The van der Waals surface area contributed by atoms with Crippen LogP contribution in [-0.2, 0) is 6.54 Å². The van der Waals surface area contributed by atoms with Crippen LogP contribution in [0.4, 0.5) is 5.69 Å². The van der Waals surface area contributed by atoms with E-state index in [2.05, 4.69) is 17.3 Å². The van der Waals surface area contributed by atoms with Gasteiger partial charge in [-0.2, -0.15) is 0 Å². The molecule has 0 radical (unpaired) electrons. The zero-order chi connectivity index (χ0) is 19.2. The summed E-state index contributed by atoms with van der Waals surface area (Å²) in [5, 5.41) is 13.5. The first kappa shape index (κ1) is 18.8. The summed E-state index contributed by atoms with van der Waals surface area (Å²) in [4.78, 5) is 24.6. The van der Waals surface area contributed by atoms with Crippen molar-refractivity contribution in [2.75, 3.05) is 20.1 Å². The molecule has 142 valence electrons. The van der Waals surface area contributed by atoms with Crippen molar-refractivity contribution in [1.82, 2.24) is 10.2 Å². The average Bonchev–Trinajstić information content (AvgIpc) is 2.69. The highest BCUT2D eigenvalue weighted by Gasteiger charge is 2.17. The SMILES string of the molecule is CN1CCC(Oc2ccc(CNC(=O)c3ccc([N+](=O)[O-])cc3)cc2)CC1. The van der Waals surface area contributed by atoms with Gasteiger partial charge in [0.15, 0.2) is 0 Å². The molecule has 27 heavy (non-hydrogen) atoms. The summed E-state index contributed by atoms with van der Waals surface area (Å²) >= 11 is 0. The third kappa shape index (κ3) is 5.27. The highest BCUT2D eigenvalue weighted by molar-refractivity contribution is 5.94. The molecular weight excluding hydrogens is 346 g/mol. The Morgan fingerprint density at radius 2 is 1.78 bits per heavy atom. The summed E-state index contributed by atoms with van der Waals surface area (Å²) in [7, 11) is 2.12. The fraction of sp³-hybridized carbons (Fsp3) is 0.350. The third-order valence-corrected chi connectivity index (χ3v) is 4.69. The topological polar surface area (TPSA) is 84.7 Å². The van der Waals surface area contributed by atoms with Crippen molar-refractivity contribution in [3.63, 3.8) is 0 Å². The van der Waals surface area contributed by atoms with E-state index in [1.807, 2.05) is 24.3 Å². The van der Waals surface area contributed by atoms with Gasteiger partial charge in [0.25, 0.3) is 11.6 Å². The first-order valence-electron chi connectivity index (χ1n) is 8.98. The van der Waals surface area contributed by atoms with E-state index >= 15 is 0 Å². The predicted molar refractivity (Wildman–Crippen MR) is 102 cm³/mol. The van der Waals surface area contributed by atoms with E-state index in [0.717, 1.165) is 37.2 Å². The van der Waals surface area contributed by atoms with Crippen molar-refractivity contribution in [3.8, 4) is 5.75 Å². The second-order valence-corrected chi connectivity index (χ2v) is 6.75. The maximum absolute atomic E-state index is 12.1. The first-order valence-corrected chi connectivity index (χ1v) is 8.98. The molecule has 1 N–H and O–H groups in total. The molecular formula is C20H23N3O4. The molecule has 2 aromatic rings. The van der Waals surface area contributed by atoms with Gasteiger partial charge in [0.1, 0.15) is 11.9 Å². The Balaban J connectivity index is 1.49. The van der Waals surface area contributed by atoms with Gasteiger partial charge in [-0.3, -0.25) is 14.9 Å². The summed E-state index contributed by atoms with van der Waals surface area (Å²) in [5.41, 5.74) is 1.32. The molecule has 1 amide bonds. The number of ether oxygens (including phenoxy) is 1. The highest BCUT2D eigenvalue weighted by atomic mass is 16.6. The van der Waals surface area contributed by atoms with Gasteiger partial charge in [0, 0.05) is 37.3 Å². The number of likely N-dealkylation sites (tertiary alicyclic amines) is 1. The highest BCUT2D eigenvalue weighted by Crippen LogP contribution is 2.19. The van der Waals surface area contributed by atoms with Crippen LogP contribution in [0, 0.1) is 10.1 Å². The van der Waals surface area contributed by atoms with Crippen LogP contribution < -0.4 is 10.1 Å². The lowest BCUT2D eigenvalue weighted by molar-refractivity contribution is -0.384. The van der Waals surface area contributed by atoms with Gasteiger partial charge >= 0.3 is 0 Å². The normalized spacial score (nSPS) is 15.3. The number of nitrogens with one attached hydrogen (secondary N) is 1. The van der Waals surface area contributed by atoms with E-state index in [4.69, 9.17) is 4.74 Å². The van der Waals surface area contributed by atoms with Crippen LogP contribution in [0.1, 0.15) is 28.8 Å². The van der Waals surface area contributed by atoms with Crippen LogP contribution in [0.25, 0.3) is 0 Å². The van der Waals surface area contributed by atoms with Gasteiger partial charge in [-0.05, 0) is 49.7 Å². The number of hydrogen-bond acceptors (Lipinski definition) is 5. The van der Waals surface area contributed by atoms with Gasteiger partial charge in [-0.1, -0.05) is 12.1 Å². The lowest BCUT2D eigenvalue weighted by Gasteiger charge is -2.29. The number of non-ortho nitro benzene ring substituents is 1. The van der Waals surface area contributed by atoms with Gasteiger partial charge < -0.3 is 15.0 Å². The van der Waals surface area contributed by atoms with E-state index in [0.29, 0.717) is 12.1 Å². The van der Waals surface area contributed by atoms with Gasteiger partial charge in [0.05, 0.1) is 4.92 Å². The number of benzene rings is 2. The number of nitro benzene ring substituents is 1. The summed E-state index contributed by atoms with van der Waals surface area (Å²) in [6.45, 7) is 2.49. The number of nitrogens with zero attached hydrogens (tertiary/aromatic N) is 2. The minimum Gasteiger partial charge on any atom is -0.490 e. The zero-order valence-corrected chi connectivity index (χ0v) is 15.3. The minimum absolute atomic E-state index is 0.0354. The van der Waals surface area contributed by atoms with Crippen LogP contribution >= 0.6 is 0 Å². The first-order chi connectivity index (χ1) is 13.0. The molecule has 1 aliphatic heterocycles. The maximum Gasteiger partial charge on any atom is 0.269 e. The monoisotopic (exact) mass is 369 g/mol. The molecule has 0 atom stereocenters. The maximum atomic E-state index is 12.1. The zero-order valence-electron chi connectivity index (χ0n) is 15.3. The van der Waals surface area contributed by atoms with E-state index in [1.165, 1.54) is 24.3 Å². The number of carbonyl (C=O) groups excluding carboxylic acids is 1. The van der Waals surface area contributed by atoms with Crippen molar-refractivity contribution in [2.45, 2.75) is 25.5 Å². The molecule has 1 saturated heterocycles. The Kier molecular flexibility index (Phi) is 6.03. The molecule has 0 bridgehead atoms. The van der Waals surface area contributed by atoms with Crippen molar-refractivity contribution in [2.24, 2.45) is 0 Å². The van der Waals surface area contributed by atoms with Crippen LogP contribution in [-0.4, -0.2) is 42.0 Å². The summed E-state index contributed by atoms with van der Waals surface area (Å²) in [6, 6.07) is 13.3. The van der Waals surface area contributed by atoms with Crippen molar-refractivity contribution < 1.29 is 14.5 Å². The molecule has 0 unspecified atom stereocenters. The molecule has 0 aromatic heterocycles. The second-order valence-electron chi connectivity index (χ2n) is 6.75. The predicted octanol–water partition coefficient (Wildman–Crippen LogP) is 3.00. The van der Waals surface area contributed by atoms with E-state index in [9.17, 15) is 14.9 Å². The van der Waals surface area contributed by atoms with Crippen LogP contribution in [0.5, 0.6) is 5.75 Å². The summed E-state index contributed by atoms with van der Waals surface area (Å²) in [5.74, 6) is 0.576. The number of hydrogen-bond donors (Lipinski definition) is 1. The smallest absolute Gasteiger partial charge is 0.269 e. The molecule has 7 nitrogen and oxygen atoms in total. The minimum atomic E-state index is -0.489. The summed E-state index contributed by atoms with van der Waals surface area (Å²) in [6.07, 6.45) is 2.32. The summed E-state index contributed by atoms with van der Waals surface area (Å²) < 4.78 is 6.01. The number of carbonyl (C=O) groups is 1. The molecule has 2 aromatic carbocycles. The number of piperidine rings is 1. The quantitative estimate of drug-likeness (QED) is 0.625. The van der Waals surface area contributed by atoms with Gasteiger partial charge in [0.2, 0.25) is 0 Å². The molecule has 1 aliphatic rings. The molecule has 3 rings (SSSR count). The largest absolute Gasteiger partial charge is 0.490 e. The molecule has 7 heteroatoms. The molecule has 0 aliphatic carbocycles. The van der Waals surface area contributed by atoms with Crippen LogP contribution in [0.3, 0.4) is 0 Å². The van der Waals surface area contributed by atoms with E-state index in [-0.39, 0.29) is 17.7 Å². The molecule has 0 spiro atoms. The molecule has 1 fully saturated rings. The van der Waals surface area contributed by atoms with Crippen LogP contribution in [0.2, 0.25) is 0 Å². The lowest BCUT2D eigenvalue weighted by Crippen LogP contribution is -2.35. The van der Waals surface area contributed by atoms with Crippen molar-refractivity contribution in [3.05, 3.63) is 69.8 Å². The number of nitro groups is 1. The fourth-order valence-electron chi connectivity index (χ4n) is 3.00. The second kappa shape index (κ2) is 8.64. The Labute approximate surface area is 158 Å². The van der Waals surface area contributed by atoms with Gasteiger partial charge in [-0.15, -0.1) is 0 Å². The average molecular weight is 369 g/mol.